The topological polar surface area (TPSA) is 149 Å². The molecule has 306 valence electrons. The Bertz CT molecular complexity index is 2160. The number of carbonyl (C=O) groups excluding carboxylic acids is 4. The van der Waals surface area contributed by atoms with Gasteiger partial charge in [0.2, 0.25) is 27.7 Å². The third-order valence-electron chi connectivity index (χ3n) is 11.7. The lowest BCUT2D eigenvalue weighted by Gasteiger charge is -2.35. The number of ketones is 2. The van der Waals surface area contributed by atoms with E-state index in [0.29, 0.717) is 36.3 Å². The molecule has 5 atom stereocenters. The first-order valence-corrected chi connectivity index (χ1v) is 21.2. The summed E-state index contributed by atoms with van der Waals surface area (Å²) in [7, 11) is -2.29. The number of hydrogen-bond donors (Lipinski definition) is 1. The lowest BCUT2D eigenvalue weighted by Crippen LogP contribution is -2.48. The van der Waals surface area contributed by atoms with Crippen molar-refractivity contribution in [2.75, 3.05) is 13.7 Å². The van der Waals surface area contributed by atoms with E-state index in [0.717, 1.165) is 10.9 Å². The molecule has 6 rings (SSSR count). The number of allylic oxidation sites excluding steroid dienone is 1. The molecule has 11 nitrogen and oxygen atoms in total. The van der Waals surface area contributed by atoms with E-state index in [1.54, 1.807) is 37.6 Å². The minimum absolute atomic E-state index is 0.0282. The number of methoxy groups -OCH3 is 1. The van der Waals surface area contributed by atoms with Crippen LogP contribution in [0.2, 0.25) is 0 Å². The number of aromatic nitrogens is 1. The molecule has 0 radical (unpaired) electrons. The monoisotopic (exact) mass is 803 g/mol. The number of nitrogens with zero attached hydrogens (tertiary/aromatic N) is 2. The molecule has 2 amide bonds. The summed E-state index contributed by atoms with van der Waals surface area (Å²) in [6.07, 6.45) is 4.18. The second-order valence-corrected chi connectivity index (χ2v) is 20.0. The van der Waals surface area contributed by atoms with Crippen molar-refractivity contribution in [3.05, 3.63) is 78.8 Å². The third-order valence-corrected chi connectivity index (χ3v) is 13.6. The second kappa shape index (κ2) is 15.9. The van der Waals surface area contributed by atoms with E-state index in [1.165, 1.54) is 17.0 Å². The van der Waals surface area contributed by atoms with Crippen molar-refractivity contribution in [3.8, 4) is 11.6 Å². The summed E-state index contributed by atoms with van der Waals surface area (Å²) < 4.78 is 53.2. The van der Waals surface area contributed by atoms with E-state index in [-0.39, 0.29) is 56.2 Å². The van der Waals surface area contributed by atoms with Gasteiger partial charge in [0.25, 0.3) is 0 Å². The minimum Gasteiger partial charge on any atom is -0.497 e. The SMILES string of the molecule is C=C[C@@H]1C[C@]1(CC(=O)[C@@H]1CC(Oc2nccc3cc(OC)ccc23)CN1C(=O)[C@@H](CC(=O)CC(C)(C)Cc1ccc(F)cc1)C(C)(C)C)C(=O)NS(=O)(=O)C1CC1. The van der Waals surface area contributed by atoms with Crippen molar-refractivity contribution in [1.82, 2.24) is 14.6 Å². The van der Waals surface area contributed by atoms with Crippen molar-refractivity contribution in [2.24, 2.45) is 28.1 Å². The number of pyridine rings is 1. The van der Waals surface area contributed by atoms with Crippen molar-refractivity contribution in [2.45, 2.75) is 103 Å². The Morgan fingerprint density at radius 1 is 1.07 bits per heavy atom. The lowest BCUT2D eigenvalue weighted by molar-refractivity contribution is -0.146. The summed E-state index contributed by atoms with van der Waals surface area (Å²) in [6, 6.07) is 12.5. The first-order chi connectivity index (χ1) is 26.7. The van der Waals surface area contributed by atoms with Crippen molar-refractivity contribution in [3.63, 3.8) is 0 Å². The molecular formula is C44H54FN3O8S. The van der Waals surface area contributed by atoms with Crippen LogP contribution in [0.15, 0.2) is 67.4 Å². The first kappa shape index (κ1) is 42.0. The number of amides is 2. The Kier molecular flexibility index (Phi) is 11.7. The fraction of sp³-hybridized carbons (Fsp3) is 0.523. The normalized spacial score (nSPS) is 22.8. The maximum absolute atomic E-state index is 14.8. The van der Waals surface area contributed by atoms with Gasteiger partial charge in [-0.2, -0.15) is 0 Å². The Labute approximate surface area is 334 Å². The first-order valence-electron chi connectivity index (χ1n) is 19.6. The average molecular weight is 804 g/mol. The summed E-state index contributed by atoms with van der Waals surface area (Å²) in [6.45, 7) is 13.5. The molecule has 1 aromatic heterocycles. The zero-order chi connectivity index (χ0) is 41.5. The molecule has 2 aliphatic carbocycles. The molecular weight excluding hydrogens is 750 g/mol. The average Bonchev–Trinajstić information content (AvgIpc) is 4.07. The van der Waals surface area contributed by atoms with E-state index >= 15 is 0 Å². The van der Waals surface area contributed by atoms with Gasteiger partial charge in [-0.15, -0.1) is 6.58 Å². The van der Waals surface area contributed by atoms with Gasteiger partial charge in [-0.05, 0) is 89.8 Å². The number of Topliss-reactive ketones (excluding diaryl/α,β-unsaturated/α-hetero) is 2. The molecule has 0 spiro atoms. The number of ether oxygens (including phenoxy) is 2. The van der Waals surface area contributed by atoms with Gasteiger partial charge in [0.15, 0.2) is 5.78 Å². The van der Waals surface area contributed by atoms with E-state index in [9.17, 15) is 32.0 Å². The van der Waals surface area contributed by atoms with Crippen molar-refractivity contribution < 1.29 is 41.5 Å². The predicted octanol–water partition coefficient (Wildman–Crippen LogP) is 6.77. The molecule has 1 N–H and O–H groups in total. The van der Waals surface area contributed by atoms with Crippen LogP contribution in [0.25, 0.3) is 10.8 Å². The van der Waals surface area contributed by atoms with Gasteiger partial charge in [0.1, 0.15) is 23.5 Å². The van der Waals surface area contributed by atoms with Crippen LogP contribution in [0.5, 0.6) is 11.6 Å². The fourth-order valence-corrected chi connectivity index (χ4v) is 9.65. The maximum Gasteiger partial charge on any atom is 0.240 e. The summed E-state index contributed by atoms with van der Waals surface area (Å²) in [5.41, 5.74) is -1.57. The molecule has 2 saturated carbocycles. The minimum atomic E-state index is -3.87. The van der Waals surface area contributed by atoms with Crippen LogP contribution in [0.1, 0.15) is 85.1 Å². The highest BCUT2D eigenvalue weighted by molar-refractivity contribution is 7.90. The van der Waals surface area contributed by atoms with Crippen LogP contribution in [0.3, 0.4) is 0 Å². The number of halogens is 1. The number of carbonyl (C=O) groups is 4. The number of hydrogen-bond acceptors (Lipinski definition) is 9. The van der Waals surface area contributed by atoms with Crippen molar-refractivity contribution in [1.29, 1.82) is 0 Å². The number of likely N-dealkylation sites (tertiary alicyclic amines) is 1. The molecule has 2 aromatic carbocycles. The van der Waals surface area contributed by atoms with Crippen LogP contribution in [0, 0.1) is 33.9 Å². The fourth-order valence-electron chi connectivity index (χ4n) is 8.26. The highest BCUT2D eigenvalue weighted by atomic mass is 32.2. The van der Waals surface area contributed by atoms with E-state index in [2.05, 4.69) is 16.3 Å². The standard InChI is InChI=1S/C44H54FN3O8S/c1-8-29-23-44(29,41(52)47-57(53,54)34-14-15-34)25-38(50)37-21-33(56-39-35-16-13-32(55-7)19-28(35)17-18-46-39)26-48(37)40(51)36(42(2,3)4)20-31(49)24-43(5,6)22-27-9-11-30(45)12-10-27/h8-13,16-19,29,33-34,36-37H,1,14-15,20-26H2,2-7H3,(H,47,52)/t29-,33?,36-,37+,44-/m1/s1. The summed E-state index contributed by atoms with van der Waals surface area (Å²) >= 11 is 0. The van der Waals surface area contributed by atoms with Gasteiger partial charge < -0.3 is 14.4 Å². The highest BCUT2D eigenvalue weighted by Gasteiger charge is 2.61. The molecule has 3 aliphatic rings. The van der Waals surface area contributed by atoms with Crippen LogP contribution < -0.4 is 14.2 Å². The van der Waals surface area contributed by atoms with Gasteiger partial charge in [-0.25, -0.2) is 17.8 Å². The van der Waals surface area contributed by atoms with E-state index in [1.807, 2.05) is 52.8 Å². The number of sulfonamides is 1. The Hall–Kier alpha value is -4.65. The molecule has 1 saturated heterocycles. The summed E-state index contributed by atoms with van der Waals surface area (Å²) in [5, 5.41) is 0.918. The van der Waals surface area contributed by atoms with Crippen molar-refractivity contribution >= 4 is 44.2 Å². The quantitative estimate of drug-likeness (QED) is 0.146. The van der Waals surface area contributed by atoms with E-state index < -0.39 is 67.2 Å². The molecule has 1 aliphatic heterocycles. The van der Waals surface area contributed by atoms with Gasteiger partial charge in [-0.1, -0.05) is 52.8 Å². The molecule has 13 heteroatoms. The number of fused-ring (bicyclic) bond motifs is 1. The zero-order valence-corrected chi connectivity index (χ0v) is 34.5. The maximum atomic E-state index is 14.8. The van der Waals surface area contributed by atoms with Crippen LogP contribution >= 0.6 is 0 Å². The Balaban J connectivity index is 1.26. The van der Waals surface area contributed by atoms with Gasteiger partial charge in [-0.3, -0.25) is 23.9 Å². The van der Waals surface area contributed by atoms with Crippen LogP contribution in [-0.4, -0.2) is 72.7 Å². The van der Waals surface area contributed by atoms with Crippen LogP contribution in [0.4, 0.5) is 4.39 Å². The van der Waals surface area contributed by atoms with Gasteiger partial charge in [0, 0.05) is 43.2 Å². The van der Waals surface area contributed by atoms with E-state index in [4.69, 9.17) is 9.47 Å². The molecule has 3 aromatic rings. The number of benzene rings is 2. The lowest BCUT2D eigenvalue weighted by atomic mass is 9.74. The smallest absolute Gasteiger partial charge is 0.240 e. The number of nitrogens with one attached hydrogen (secondary N) is 1. The predicted molar refractivity (Wildman–Crippen MR) is 214 cm³/mol. The third kappa shape index (κ3) is 9.56. The molecule has 57 heavy (non-hydrogen) atoms. The number of rotatable bonds is 17. The second-order valence-electron chi connectivity index (χ2n) is 18.0. The summed E-state index contributed by atoms with van der Waals surface area (Å²) in [5.74, 6) is -2.18. The molecule has 3 fully saturated rings. The largest absolute Gasteiger partial charge is 0.497 e. The van der Waals surface area contributed by atoms with Crippen LogP contribution in [-0.2, 0) is 35.6 Å². The molecule has 1 unspecified atom stereocenters. The molecule has 0 bridgehead atoms. The summed E-state index contributed by atoms with van der Waals surface area (Å²) in [4.78, 5) is 62.8. The Morgan fingerprint density at radius 3 is 2.39 bits per heavy atom. The zero-order valence-electron chi connectivity index (χ0n) is 33.7. The van der Waals surface area contributed by atoms with Gasteiger partial charge >= 0.3 is 0 Å². The molecule has 2 heterocycles. The Morgan fingerprint density at radius 2 is 1.77 bits per heavy atom. The highest BCUT2D eigenvalue weighted by Crippen LogP contribution is 2.57. The van der Waals surface area contributed by atoms with Gasteiger partial charge in [0.05, 0.1) is 30.4 Å².